The van der Waals surface area contributed by atoms with Crippen LogP contribution in [-0.2, 0) is 4.74 Å². The number of hydrogen-bond donors (Lipinski definition) is 0. The van der Waals surface area contributed by atoms with Gasteiger partial charge in [0.15, 0.2) is 0 Å². The minimum atomic E-state index is 0.508. The number of rotatable bonds is 2. The molecule has 70 valence electrons. The summed E-state index contributed by atoms with van der Waals surface area (Å²) in [4.78, 5) is 1.85. The lowest BCUT2D eigenvalue weighted by Crippen LogP contribution is -2.26. The van der Waals surface area contributed by atoms with Gasteiger partial charge in [-0.25, -0.2) is 0 Å². The van der Waals surface area contributed by atoms with Crippen molar-refractivity contribution in [3.63, 3.8) is 0 Å². The Balaban J connectivity index is 2.68. The second kappa shape index (κ2) is 4.82. The van der Waals surface area contributed by atoms with Crippen LogP contribution in [0.15, 0.2) is 30.3 Å². The van der Waals surface area contributed by atoms with Crippen LogP contribution >= 0.6 is 12.2 Å². The molecule has 1 rings (SSSR count). The first kappa shape index (κ1) is 9.99. The molecule has 0 heterocycles. The summed E-state index contributed by atoms with van der Waals surface area (Å²) in [5.74, 6) is 0. The van der Waals surface area contributed by atoms with Crippen molar-refractivity contribution in [2.75, 3.05) is 18.6 Å². The molecule has 0 aliphatic rings. The van der Waals surface area contributed by atoms with E-state index < -0.39 is 0 Å². The molecule has 0 unspecified atom stereocenters. The van der Waals surface area contributed by atoms with E-state index in [9.17, 15) is 0 Å². The lowest BCUT2D eigenvalue weighted by atomic mass is 10.3. The van der Waals surface area contributed by atoms with Gasteiger partial charge in [-0.1, -0.05) is 18.2 Å². The number of ether oxygens (including phenoxy) is 1. The van der Waals surface area contributed by atoms with Crippen LogP contribution in [0.4, 0.5) is 5.69 Å². The van der Waals surface area contributed by atoms with Gasteiger partial charge in [-0.3, -0.25) is 0 Å². The van der Waals surface area contributed by atoms with Crippen molar-refractivity contribution in [1.82, 2.24) is 0 Å². The molecular formula is C10H13NOS. The van der Waals surface area contributed by atoms with E-state index in [-0.39, 0.29) is 0 Å². The van der Waals surface area contributed by atoms with E-state index >= 15 is 0 Å². The highest BCUT2D eigenvalue weighted by atomic mass is 32.1. The molecule has 0 spiro atoms. The van der Waals surface area contributed by atoms with E-state index in [4.69, 9.17) is 17.0 Å². The van der Waals surface area contributed by atoms with Gasteiger partial charge in [-0.05, 0) is 31.3 Å². The fraction of sp³-hybridized carbons (Fsp3) is 0.300. The van der Waals surface area contributed by atoms with Crippen molar-refractivity contribution in [3.8, 4) is 0 Å². The van der Waals surface area contributed by atoms with Crippen LogP contribution in [0, 0.1) is 0 Å². The van der Waals surface area contributed by atoms with Crippen LogP contribution in [0.3, 0.4) is 0 Å². The molecule has 0 atom stereocenters. The Bertz CT molecular complexity index is 274. The highest BCUT2D eigenvalue weighted by molar-refractivity contribution is 7.80. The van der Waals surface area contributed by atoms with Gasteiger partial charge in [0.1, 0.15) is 0 Å². The highest BCUT2D eigenvalue weighted by Gasteiger charge is 2.05. The van der Waals surface area contributed by atoms with Gasteiger partial charge in [-0.2, -0.15) is 0 Å². The zero-order valence-corrected chi connectivity index (χ0v) is 8.67. The number of hydrogen-bond acceptors (Lipinski definition) is 2. The lowest BCUT2D eigenvalue weighted by Gasteiger charge is -2.19. The monoisotopic (exact) mass is 195 g/mol. The average molecular weight is 195 g/mol. The molecule has 0 amide bonds. The predicted molar refractivity (Wildman–Crippen MR) is 59.1 cm³/mol. The number of nitrogens with zero attached hydrogens (tertiary/aromatic N) is 1. The quantitative estimate of drug-likeness (QED) is 0.673. The first-order valence-electron chi connectivity index (χ1n) is 4.21. The first-order chi connectivity index (χ1) is 6.25. The molecule has 0 aliphatic heterocycles. The van der Waals surface area contributed by atoms with Crippen molar-refractivity contribution in [3.05, 3.63) is 30.3 Å². The molecule has 0 bridgehead atoms. The van der Waals surface area contributed by atoms with Gasteiger partial charge in [-0.15, -0.1) is 0 Å². The maximum atomic E-state index is 5.22. The summed E-state index contributed by atoms with van der Waals surface area (Å²) in [6.07, 6.45) is 0. The molecule has 0 radical (unpaired) electrons. The molecule has 0 N–H and O–H groups in total. The van der Waals surface area contributed by atoms with Gasteiger partial charge in [0.05, 0.1) is 6.61 Å². The third kappa shape index (κ3) is 2.70. The largest absolute Gasteiger partial charge is 0.471 e. The van der Waals surface area contributed by atoms with Crippen molar-refractivity contribution in [1.29, 1.82) is 0 Å². The van der Waals surface area contributed by atoms with E-state index in [2.05, 4.69) is 0 Å². The predicted octanol–water partition coefficient (Wildman–Crippen LogP) is 2.44. The van der Waals surface area contributed by atoms with Crippen LogP contribution < -0.4 is 4.90 Å². The van der Waals surface area contributed by atoms with Crippen molar-refractivity contribution >= 4 is 23.1 Å². The fourth-order valence-electron chi connectivity index (χ4n) is 0.977. The Morgan fingerprint density at radius 1 is 1.38 bits per heavy atom. The highest BCUT2D eigenvalue weighted by Crippen LogP contribution is 2.11. The second-order valence-corrected chi connectivity index (χ2v) is 2.94. The SMILES string of the molecule is CCOC(=S)N(C)c1ccccc1. The summed E-state index contributed by atoms with van der Waals surface area (Å²) in [6, 6.07) is 9.90. The van der Waals surface area contributed by atoms with Crippen molar-refractivity contribution in [2.45, 2.75) is 6.92 Å². The van der Waals surface area contributed by atoms with E-state index in [1.54, 1.807) is 0 Å². The van der Waals surface area contributed by atoms with E-state index in [1.807, 2.05) is 49.2 Å². The fourth-order valence-corrected chi connectivity index (χ4v) is 1.20. The van der Waals surface area contributed by atoms with Gasteiger partial charge < -0.3 is 9.64 Å². The van der Waals surface area contributed by atoms with E-state index in [0.717, 1.165) is 5.69 Å². The Kier molecular flexibility index (Phi) is 3.71. The first-order valence-corrected chi connectivity index (χ1v) is 4.62. The summed E-state index contributed by atoms with van der Waals surface area (Å²) in [5.41, 5.74) is 1.04. The number of thiocarbonyl (C=S) groups is 1. The Labute approximate surface area is 84.1 Å². The van der Waals surface area contributed by atoms with Gasteiger partial charge in [0.25, 0.3) is 5.17 Å². The van der Waals surface area contributed by atoms with Crippen molar-refractivity contribution in [2.24, 2.45) is 0 Å². The standard InChI is InChI=1S/C10H13NOS/c1-3-12-10(13)11(2)9-7-5-4-6-8-9/h4-8H,3H2,1-2H3. The van der Waals surface area contributed by atoms with E-state index in [1.165, 1.54) is 0 Å². The number of para-hydroxylation sites is 1. The minimum Gasteiger partial charge on any atom is -0.471 e. The molecule has 0 fully saturated rings. The maximum absolute atomic E-state index is 5.22. The molecule has 3 heteroatoms. The normalized spacial score (nSPS) is 9.38. The molecule has 13 heavy (non-hydrogen) atoms. The molecule has 0 saturated heterocycles. The molecular weight excluding hydrogens is 182 g/mol. The van der Waals surface area contributed by atoms with Crippen LogP contribution in [0.5, 0.6) is 0 Å². The van der Waals surface area contributed by atoms with Crippen LogP contribution in [0.2, 0.25) is 0 Å². The zero-order chi connectivity index (χ0) is 9.68. The summed E-state index contributed by atoms with van der Waals surface area (Å²) in [5, 5.41) is 0.508. The summed E-state index contributed by atoms with van der Waals surface area (Å²) in [7, 11) is 1.90. The summed E-state index contributed by atoms with van der Waals surface area (Å²) < 4.78 is 5.22. The van der Waals surface area contributed by atoms with Crippen LogP contribution in [-0.4, -0.2) is 18.8 Å². The van der Waals surface area contributed by atoms with Crippen LogP contribution in [0.25, 0.3) is 0 Å². The summed E-state index contributed by atoms with van der Waals surface area (Å²) in [6.45, 7) is 2.53. The number of anilines is 1. The van der Waals surface area contributed by atoms with Crippen LogP contribution in [0.1, 0.15) is 6.92 Å². The smallest absolute Gasteiger partial charge is 0.263 e. The Morgan fingerprint density at radius 3 is 2.54 bits per heavy atom. The zero-order valence-electron chi connectivity index (χ0n) is 7.86. The van der Waals surface area contributed by atoms with Gasteiger partial charge in [0, 0.05) is 12.7 Å². The molecule has 0 aromatic heterocycles. The Morgan fingerprint density at radius 2 is 2.00 bits per heavy atom. The van der Waals surface area contributed by atoms with Gasteiger partial charge in [0.2, 0.25) is 0 Å². The topological polar surface area (TPSA) is 12.5 Å². The lowest BCUT2D eigenvalue weighted by molar-refractivity contribution is 0.329. The molecule has 0 saturated carbocycles. The Hall–Kier alpha value is -1.09. The third-order valence-corrected chi connectivity index (χ3v) is 2.08. The second-order valence-electron chi connectivity index (χ2n) is 2.59. The third-order valence-electron chi connectivity index (χ3n) is 1.69. The average Bonchev–Trinajstić information content (AvgIpc) is 2.18. The molecule has 1 aromatic carbocycles. The minimum absolute atomic E-state index is 0.508. The number of benzene rings is 1. The molecule has 1 aromatic rings. The van der Waals surface area contributed by atoms with Crippen molar-refractivity contribution < 1.29 is 4.74 Å². The molecule has 2 nitrogen and oxygen atoms in total. The summed E-state index contributed by atoms with van der Waals surface area (Å²) >= 11 is 5.06. The van der Waals surface area contributed by atoms with Gasteiger partial charge >= 0.3 is 0 Å². The maximum Gasteiger partial charge on any atom is 0.263 e. The molecule has 0 aliphatic carbocycles. The van der Waals surface area contributed by atoms with E-state index in [0.29, 0.717) is 11.8 Å².